The Morgan fingerprint density at radius 1 is 1.30 bits per heavy atom. The second-order valence-corrected chi connectivity index (χ2v) is 5.62. The minimum absolute atomic E-state index is 0.678. The van der Waals surface area contributed by atoms with Crippen LogP contribution in [0.5, 0.6) is 0 Å². The van der Waals surface area contributed by atoms with Crippen LogP contribution in [0.4, 0.5) is 5.69 Å². The SMILES string of the molecule is CCCNc1c2c(nc3cc(C)cc(C)c13)CCOC2. The molecule has 0 saturated heterocycles. The number of ether oxygens (including phenoxy) is 1. The standard InChI is InChI=1S/C17H22N2O/c1-4-6-18-17-13-10-20-7-5-14(13)19-15-9-11(2)8-12(3)16(15)17/h8-9H,4-7,10H2,1-3H3,(H,18,19). The Kier molecular flexibility index (Phi) is 3.62. The Morgan fingerprint density at radius 3 is 2.95 bits per heavy atom. The molecule has 20 heavy (non-hydrogen) atoms. The molecular formula is C17H22N2O. The third-order valence-electron chi connectivity index (χ3n) is 3.90. The van der Waals surface area contributed by atoms with Crippen LogP contribution >= 0.6 is 0 Å². The smallest absolute Gasteiger partial charge is 0.0755 e. The van der Waals surface area contributed by atoms with Crippen LogP contribution in [-0.4, -0.2) is 18.1 Å². The molecule has 106 valence electrons. The third-order valence-corrected chi connectivity index (χ3v) is 3.90. The Labute approximate surface area is 120 Å². The quantitative estimate of drug-likeness (QED) is 0.922. The number of hydrogen-bond acceptors (Lipinski definition) is 3. The number of nitrogens with one attached hydrogen (secondary N) is 1. The van der Waals surface area contributed by atoms with Gasteiger partial charge >= 0.3 is 0 Å². The van der Waals surface area contributed by atoms with E-state index >= 15 is 0 Å². The van der Waals surface area contributed by atoms with Gasteiger partial charge in [0.2, 0.25) is 0 Å². The van der Waals surface area contributed by atoms with Gasteiger partial charge in [-0.2, -0.15) is 0 Å². The number of rotatable bonds is 3. The minimum Gasteiger partial charge on any atom is -0.384 e. The first-order valence-corrected chi connectivity index (χ1v) is 7.45. The average Bonchev–Trinajstić information content (AvgIpc) is 2.43. The largest absolute Gasteiger partial charge is 0.384 e. The van der Waals surface area contributed by atoms with Gasteiger partial charge in [0.15, 0.2) is 0 Å². The molecule has 0 aliphatic carbocycles. The van der Waals surface area contributed by atoms with Gasteiger partial charge in [-0.1, -0.05) is 13.0 Å². The normalized spacial score (nSPS) is 14.3. The number of aryl methyl sites for hydroxylation is 2. The Morgan fingerprint density at radius 2 is 2.15 bits per heavy atom. The van der Waals surface area contributed by atoms with E-state index in [0.29, 0.717) is 6.61 Å². The van der Waals surface area contributed by atoms with Crippen molar-refractivity contribution in [1.29, 1.82) is 0 Å². The molecular weight excluding hydrogens is 248 g/mol. The van der Waals surface area contributed by atoms with Crippen molar-refractivity contribution in [2.45, 2.75) is 40.2 Å². The zero-order valence-electron chi connectivity index (χ0n) is 12.5. The molecule has 2 aromatic rings. The highest BCUT2D eigenvalue weighted by Crippen LogP contribution is 2.34. The Balaban J connectivity index is 2.27. The molecule has 0 spiro atoms. The first kappa shape index (κ1) is 13.4. The molecule has 3 rings (SSSR count). The van der Waals surface area contributed by atoms with Gasteiger partial charge in [-0.15, -0.1) is 0 Å². The molecule has 0 fully saturated rings. The Bertz CT molecular complexity index is 649. The lowest BCUT2D eigenvalue weighted by molar-refractivity contribution is 0.110. The molecule has 0 atom stereocenters. The van der Waals surface area contributed by atoms with Gasteiger partial charge in [0, 0.05) is 23.9 Å². The first-order valence-electron chi connectivity index (χ1n) is 7.45. The number of fused-ring (bicyclic) bond motifs is 2. The number of nitrogens with zero attached hydrogens (tertiary/aromatic N) is 1. The monoisotopic (exact) mass is 270 g/mol. The number of anilines is 1. The van der Waals surface area contributed by atoms with Gasteiger partial charge in [-0.05, 0) is 37.5 Å². The fraction of sp³-hybridized carbons (Fsp3) is 0.471. The zero-order chi connectivity index (χ0) is 14.1. The van der Waals surface area contributed by atoms with E-state index in [1.165, 1.54) is 33.5 Å². The summed E-state index contributed by atoms with van der Waals surface area (Å²) in [6.07, 6.45) is 2.03. The van der Waals surface area contributed by atoms with Crippen molar-refractivity contribution in [3.8, 4) is 0 Å². The van der Waals surface area contributed by atoms with E-state index in [0.717, 1.165) is 31.5 Å². The molecule has 3 nitrogen and oxygen atoms in total. The number of hydrogen-bond donors (Lipinski definition) is 1. The van der Waals surface area contributed by atoms with Crippen molar-refractivity contribution >= 4 is 16.6 Å². The Hall–Kier alpha value is -1.61. The molecule has 0 saturated carbocycles. The van der Waals surface area contributed by atoms with Crippen LogP contribution < -0.4 is 5.32 Å². The van der Waals surface area contributed by atoms with Gasteiger partial charge < -0.3 is 10.1 Å². The number of benzene rings is 1. The summed E-state index contributed by atoms with van der Waals surface area (Å²) in [5.41, 5.74) is 7.37. The zero-order valence-corrected chi connectivity index (χ0v) is 12.5. The summed E-state index contributed by atoms with van der Waals surface area (Å²) in [4.78, 5) is 4.89. The van der Waals surface area contributed by atoms with E-state index in [4.69, 9.17) is 9.72 Å². The second-order valence-electron chi connectivity index (χ2n) is 5.62. The lowest BCUT2D eigenvalue weighted by Crippen LogP contribution is -2.16. The third kappa shape index (κ3) is 2.27. The van der Waals surface area contributed by atoms with Crippen LogP contribution in [0.1, 0.15) is 35.7 Å². The molecule has 0 unspecified atom stereocenters. The molecule has 2 heterocycles. The lowest BCUT2D eigenvalue weighted by Gasteiger charge is -2.23. The molecule has 1 aromatic carbocycles. The fourth-order valence-corrected chi connectivity index (χ4v) is 3.02. The predicted molar refractivity (Wildman–Crippen MR) is 83.4 cm³/mol. The van der Waals surface area contributed by atoms with Crippen LogP contribution in [0, 0.1) is 13.8 Å². The van der Waals surface area contributed by atoms with E-state index in [-0.39, 0.29) is 0 Å². The summed E-state index contributed by atoms with van der Waals surface area (Å²) in [6.45, 7) is 8.94. The van der Waals surface area contributed by atoms with E-state index in [1.54, 1.807) is 0 Å². The van der Waals surface area contributed by atoms with Gasteiger partial charge in [0.25, 0.3) is 0 Å². The van der Waals surface area contributed by atoms with E-state index in [9.17, 15) is 0 Å². The molecule has 0 radical (unpaired) electrons. The highest BCUT2D eigenvalue weighted by molar-refractivity contribution is 5.96. The van der Waals surface area contributed by atoms with E-state index in [2.05, 4.69) is 38.2 Å². The highest BCUT2D eigenvalue weighted by Gasteiger charge is 2.19. The topological polar surface area (TPSA) is 34.2 Å². The van der Waals surface area contributed by atoms with E-state index in [1.807, 2.05) is 0 Å². The second kappa shape index (κ2) is 5.41. The maximum Gasteiger partial charge on any atom is 0.0755 e. The average molecular weight is 270 g/mol. The summed E-state index contributed by atoms with van der Waals surface area (Å²) in [7, 11) is 0. The summed E-state index contributed by atoms with van der Waals surface area (Å²) in [6, 6.07) is 4.42. The minimum atomic E-state index is 0.678. The highest BCUT2D eigenvalue weighted by atomic mass is 16.5. The van der Waals surface area contributed by atoms with Crippen molar-refractivity contribution in [1.82, 2.24) is 4.98 Å². The van der Waals surface area contributed by atoms with Crippen LogP contribution in [-0.2, 0) is 17.8 Å². The molecule has 1 aliphatic rings. The fourth-order valence-electron chi connectivity index (χ4n) is 3.02. The van der Waals surface area contributed by atoms with Crippen molar-refractivity contribution in [2.75, 3.05) is 18.5 Å². The number of aromatic nitrogens is 1. The molecule has 1 aliphatic heterocycles. The molecule has 0 bridgehead atoms. The predicted octanol–water partition coefficient (Wildman–Crippen LogP) is 3.75. The van der Waals surface area contributed by atoms with Crippen LogP contribution in [0.15, 0.2) is 12.1 Å². The first-order chi connectivity index (χ1) is 9.70. The van der Waals surface area contributed by atoms with Crippen LogP contribution in [0.3, 0.4) is 0 Å². The van der Waals surface area contributed by atoms with Crippen LogP contribution in [0.2, 0.25) is 0 Å². The van der Waals surface area contributed by atoms with Gasteiger partial charge in [0.1, 0.15) is 0 Å². The van der Waals surface area contributed by atoms with Crippen molar-refractivity contribution < 1.29 is 4.74 Å². The van der Waals surface area contributed by atoms with E-state index < -0.39 is 0 Å². The van der Waals surface area contributed by atoms with Crippen molar-refractivity contribution in [3.05, 3.63) is 34.5 Å². The van der Waals surface area contributed by atoms with Gasteiger partial charge in [-0.3, -0.25) is 4.98 Å². The van der Waals surface area contributed by atoms with Crippen LogP contribution in [0.25, 0.3) is 10.9 Å². The lowest BCUT2D eigenvalue weighted by atomic mass is 9.98. The molecule has 1 aromatic heterocycles. The molecule has 1 N–H and O–H groups in total. The number of pyridine rings is 1. The molecule has 0 amide bonds. The van der Waals surface area contributed by atoms with Gasteiger partial charge in [0.05, 0.1) is 30.1 Å². The van der Waals surface area contributed by atoms with Crippen molar-refractivity contribution in [2.24, 2.45) is 0 Å². The molecule has 3 heteroatoms. The maximum absolute atomic E-state index is 5.65. The maximum atomic E-state index is 5.65. The van der Waals surface area contributed by atoms with Gasteiger partial charge in [-0.25, -0.2) is 0 Å². The summed E-state index contributed by atoms with van der Waals surface area (Å²) in [5.74, 6) is 0. The summed E-state index contributed by atoms with van der Waals surface area (Å²) >= 11 is 0. The summed E-state index contributed by atoms with van der Waals surface area (Å²) in [5, 5.41) is 4.86. The summed E-state index contributed by atoms with van der Waals surface area (Å²) < 4.78 is 5.65. The van der Waals surface area contributed by atoms with Crippen molar-refractivity contribution in [3.63, 3.8) is 0 Å².